The van der Waals surface area contributed by atoms with E-state index < -0.39 is 0 Å². The minimum absolute atomic E-state index is 0.490. The van der Waals surface area contributed by atoms with Crippen molar-refractivity contribution in [1.29, 1.82) is 0 Å². The summed E-state index contributed by atoms with van der Waals surface area (Å²) in [6.45, 7) is 6.07. The smallest absolute Gasteiger partial charge is 0.191 e. The molecule has 0 spiro atoms. The van der Waals surface area contributed by atoms with Crippen LogP contribution in [0.3, 0.4) is 0 Å². The van der Waals surface area contributed by atoms with Crippen LogP contribution in [-0.2, 0) is 6.54 Å². The number of nitrogens with two attached hydrogens (primary N) is 1. The largest absolute Gasteiger partial charge is 0.370 e. The number of halogens is 1. The molecule has 1 aliphatic heterocycles. The predicted octanol–water partition coefficient (Wildman–Crippen LogP) is 2.93. The fourth-order valence-electron chi connectivity index (χ4n) is 3.38. The van der Waals surface area contributed by atoms with Crippen LogP contribution in [0.2, 0.25) is 5.02 Å². The van der Waals surface area contributed by atoms with Gasteiger partial charge in [-0.1, -0.05) is 17.7 Å². The zero-order valence-corrected chi connectivity index (χ0v) is 16.1. The lowest BCUT2D eigenvalue weighted by molar-refractivity contribution is 0.380. The number of guanidine groups is 1. The Labute approximate surface area is 163 Å². The Morgan fingerprint density at radius 2 is 1.85 bits per heavy atom. The monoisotopic (exact) mass is 382 g/mol. The summed E-state index contributed by atoms with van der Waals surface area (Å²) in [4.78, 5) is 13.6. The number of aromatic nitrogens is 2. The Morgan fingerprint density at radius 1 is 1.11 bits per heavy atom. The van der Waals surface area contributed by atoms with Crippen LogP contribution in [0.25, 0.3) is 5.65 Å². The summed E-state index contributed by atoms with van der Waals surface area (Å²) in [6, 6.07) is 14.0. The van der Waals surface area contributed by atoms with E-state index in [-0.39, 0.29) is 0 Å². The van der Waals surface area contributed by atoms with Crippen LogP contribution < -0.4 is 10.6 Å². The lowest BCUT2D eigenvalue weighted by Crippen LogP contribution is -2.51. The van der Waals surface area contributed by atoms with Gasteiger partial charge in [0.2, 0.25) is 0 Å². The van der Waals surface area contributed by atoms with Gasteiger partial charge < -0.3 is 19.9 Å². The van der Waals surface area contributed by atoms with E-state index >= 15 is 0 Å². The minimum atomic E-state index is 0.490. The van der Waals surface area contributed by atoms with Gasteiger partial charge in [-0.05, 0) is 43.3 Å². The Kier molecular flexibility index (Phi) is 4.90. The summed E-state index contributed by atoms with van der Waals surface area (Å²) >= 11 is 5.97. The van der Waals surface area contributed by atoms with Crippen molar-refractivity contribution in [3.63, 3.8) is 0 Å². The molecule has 3 aromatic rings. The van der Waals surface area contributed by atoms with Crippen LogP contribution in [0.5, 0.6) is 0 Å². The second-order valence-corrected chi connectivity index (χ2v) is 7.19. The average molecular weight is 383 g/mol. The second kappa shape index (κ2) is 7.48. The van der Waals surface area contributed by atoms with E-state index in [1.54, 1.807) is 0 Å². The molecule has 0 radical (unpaired) electrons. The highest BCUT2D eigenvalue weighted by molar-refractivity contribution is 6.30. The van der Waals surface area contributed by atoms with Crippen LogP contribution in [0.1, 0.15) is 11.4 Å². The van der Waals surface area contributed by atoms with Crippen molar-refractivity contribution in [1.82, 2.24) is 14.3 Å². The van der Waals surface area contributed by atoms with Gasteiger partial charge in [-0.25, -0.2) is 9.98 Å². The number of fused-ring (bicyclic) bond motifs is 1. The molecule has 0 atom stereocenters. The van der Waals surface area contributed by atoms with E-state index in [1.807, 2.05) is 30.5 Å². The van der Waals surface area contributed by atoms with Crippen LogP contribution in [0.15, 0.2) is 53.7 Å². The molecule has 1 aliphatic rings. The number of rotatable bonds is 3. The van der Waals surface area contributed by atoms with Gasteiger partial charge in [0, 0.05) is 48.8 Å². The van der Waals surface area contributed by atoms with Gasteiger partial charge in [-0.2, -0.15) is 0 Å². The molecule has 2 aromatic heterocycles. The molecule has 1 fully saturated rings. The zero-order chi connectivity index (χ0) is 18.8. The number of imidazole rings is 1. The molecule has 0 saturated carbocycles. The fourth-order valence-corrected chi connectivity index (χ4v) is 3.51. The quantitative estimate of drug-likeness (QED) is 0.559. The first-order chi connectivity index (χ1) is 13.1. The first kappa shape index (κ1) is 17.7. The second-order valence-electron chi connectivity index (χ2n) is 6.75. The topological polar surface area (TPSA) is 62.2 Å². The van der Waals surface area contributed by atoms with E-state index in [4.69, 9.17) is 17.3 Å². The van der Waals surface area contributed by atoms with Crippen molar-refractivity contribution in [2.24, 2.45) is 10.7 Å². The van der Waals surface area contributed by atoms with Crippen LogP contribution >= 0.6 is 11.6 Å². The molecule has 0 unspecified atom stereocenters. The van der Waals surface area contributed by atoms with Gasteiger partial charge in [0.05, 0.1) is 12.2 Å². The molecule has 1 aromatic carbocycles. The van der Waals surface area contributed by atoms with Gasteiger partial charge in [0.15, 0.2) is 5.96 Å². The number of hydrogen-bond acceptors (Lipinski definition) is 3. The number of pyridine rings is 1. The Bertz CT molecular complexity index is 954. The highest BCUT2D eigenvalue weighted by Crippen LogP contribution is 2.19. The minimum Gasteiger partial charge on any atom is -0.370 e. The van der Waals surface area contributed by atoms with Gasteiger partial charge in [-0.3, -0.25) is 0 Å². The Morgan fingerprint density at radius 3 is 2.56 bits per heavy atom. The van der Waals surface area contributed by atoms with Gasteiger partial charge in [-0.15, -0.1) is 0 Å². The maximum Gasteiger partial charge on any atom is 0.191 e. The van der Waals surface area contributed by atoms with Crippen molar-refractivity contribution in [3.05, 3.63) is 65.1 Å². The number of benzene rings is 1. The molecule has 7 heteroatoms. The van der Waals surface area contributed by atoms with Gasteiger partial charge >= 0.3 is 0 Å². The summed E-state index contributed by atoms with van der Waals surface area (Å²) in [5.41, 5.74) is 10.4. The van der Waals surface area contributed by atoms with E-state index in [1.165, 1.54) is 5.69 Å². The van der Waals surface area contributed by atoms with E-state index in [9.17, 15) is 0 Å². The molecule has 140 valence electrons. The summed E-state index contributed by atoms with van der Waals surface area (Å²) < 4.78 is 2.08. The third-order valence-corrected chi connectivity index (χ3v) is 5.20. The highest BCUT2D eigenvalue weighted by atomic mass is 35.5. The molecule has 0 bridgehead atoms. The normalized spacial score (nSPS) is 15.6. The average Bonchev–Trinajstić information content (AvgIpc) is 3.11. The third kappa shape index (κ3) is 3.85. The van der Waals surface area contributed by atoms with Crippen molar-refractivity contribution in [3.8, 4) is 0 Å². The van der Waals surface area contributed by atoms with Crippen molar-refractivity contribution in [2.45, 2.75) is 13.5 Å². The lowest BCUT2D eigenvalue weighted by Gasteiger charge is -2.36. The van der Waals surface area contributed by atoms with Gasteiger partial charge in [0.1, 0.15) is 5.65 Å². The molecule has 0 amide bonds. The molecule has 6 nitrogen and oxygen atoms in total. The van der Waals surface area contributed by atoms with Gasteiger partial charge in [0.25, 0.3) is 0 Å². The van der Waals surface area contributed by atoms with E-state index in [0.717, 1.165) is 48.2 Å². The molecule has 3 heterocycles. The lowest BCUT2D eigenvalue weighted by atomic mass is 10.2. The summed E-state index contributed by atoms with van der Waals surface area (Å²) in [5.74, 6) is 0.583. The maximum atomic E-state index is 6.23. The van der Waals surface area contributed by atoms with Crippen molar-refractivity contribution < 1.29 is 0 Å². The van der Waals surface area contributed by atoms with E-state index in [2.05, 4.69) is 49.3 Å². The predicted molar refractivity (Wildman–Crippen MR) is 110 cm³/mol. The van der Waals surface area contributed by atoms with E-state index in [0.29, 0.717) is 12.5 Å². The Hall–Kier alpha value is -2.73. The number of aliphatic imine (C=N–C) groups is 1. The number of anilines is 1. The first-order valence-electron chi connectivity index (χ1n) is 9.09. The SMILES string of the molecule is Cc1cccc2nc(CN=C(N)N3CCN(c4ccc(Cl)cc4)CC3)cn12. The molecule has 1 saturated heterocycles. The maximum absolute atomic E-state index is 6.23. The van der Waals surface area contributed by atoms with Crippen LogP contribution in [-0.4, -0.2) is 46.4 Å². The number of aryl methyl sites for hydroxylation is 1. The molecular weight excluding hydrogens is 360 g/mol. The van der Waals surface area contributed by atoms with Crippen molar-refractivity contribution in [2.75, 3.05) is 31.1 Å². The third-order valence-electron chi connectivity index (χ3n) is 4.94. The fraction of sp³-hybridized carbons (Fsp3) is 0.300. The number of hydrogen-bond donors (Lipinski definition) is 1. The summed E-state index contributed by atoms with van der Waals surface area (Å²) in [6.07, 6.45) is 2.03. The number of piperazine rings is 1. The summed E-state index contributed by atoms with van der Waals surface area (Å²) in [5, 5.41) is 0.760. The van der Waals surface area contributed by atoms with Crippen LogP contribution in [0.4, 0.5) is 5.69 Å². The zero-order valence-electron chi connectivity index (χ0n) is 15.3. The Balaban J connectivity index is 1.37. The molecule has 0 aliphatic carbocycles. The first-order valence-corrected chi connectivity index (χ1v) is 9.47. The molecular formula is C20H23ClN6. The standard InChI is InChI=1S/C20H23ClN6/c1-15-3-2-4-19-24-17(14-27(15)19)13-23-20(22)26-11-9-25(10-12-26)18-7-5-16(21)6-8-18/h2-8,14H,9-13H2,1H3,(H2,22,23). The van der Waals surface area contributed by atoms with Crippen LogP contribution in [0, 0.1) is 6.92 Å². The molecule has 27 heavy (non-hydrogen) atoms. The molecule has 2 N–H and O–H groups in total. The number of nitrogens with zero attached hydrogens (tertiary/aromatic N) is 5. The highest BCUT2D eigenvalue weighted by Gasteiger charge is 2.18. The van der Waals surface area contributed by atoms with Crippen molar-refractivity contribution >= 4 is 28.9 Å². The summed E-state index contributed by atoms with van der Waals surface area (Å²) in [7, 11) is 0. The molecule has 4 rings (SSSR count).